The van der Waals surface area contributed by atoms with Gasteiger partial charge in [0.1, 0.15) is 11.3 Å². The third-order valence-corrected chi connectivity index (χ3v) is 4.31. The van der Waals surface area contributed by atoms with Gasteiger partial charge in [-0.2, -0.15) is 0 Å². The number of nitrogens with one attached hydrogen (secondary N) is 2. The Balaban J connectivity index is 1.44. The van der Waals surface area contributed by atoms with Gasteiger partial charge in [-0.3, -0.25) is 9.59 Å². The van der Waals surface area contributed by atoms with E-state index in [0.29, 0.717) is 28.4 Å². The van der Waals surface area contributed by atoms with Crippen LogP contribution in [0.2, 0.25) is 0 Å². The summed E-state index contributed by atoms with van der Waals surface area (Å²) >= 11 is 1.19. The molecule has 3 rings (SSSR count). The summed E-state index contributed by atoms with van der Waals surface area (Å²) in [5.74, 6) is -0.0313. The van der Waals surface area contributed by atoms with Crippen molar-refractivity contribution in [3.05, 3.63) is 54.2 Å². The number of benzene rings is 2. The number of amides is 2. The number of hydrogen-bond acceptors (Lipinski definition) is 5. The van der Waals surface area contributed by atoms with Crippen LogP contribution < -0.4 is 10.6 Å². The van der Waals surface area contributed by atoms with Crippen molar-refractivity contribution in [2.45, 2.75) is 6.92 Å². The van der Waals surface area contributed by atoms with Gasteiger partial charge in [-0.25, -0.2) is 9.37 Å². The van der Waals surface area contributed by atoms with Gasteiger partial charge in [-0.15, -0.1) is 11.8 Å². The predicted molar refractivity (Wildman–Crippen MR) is 99.7 cm³/mol. The highest BCUT2D eigenvalue weighted by Crippen LogP contribution is 2.20. The van der Waals surface area contributed by atoms with E-state index in [1.165, 1.54) is 36.0 Å². The number of oxazole rings is 1. The Morgan fingerprint density at radius 1 is 1.04 bits per heavy atom. The zero-order chi connectivity index (χ0) is 18.5. The van der Waals surface area contributed by atoms with E-state index in [1.807, 2.05) is 0 Å². The van der Waals surface area contributed by atoms with Crippen molar-refractivity contribution in [1.82, 2.24) is 4.98 Å². The maximum absolute atomic E-state index is 12.8. The number of fused-ring (bicyclic) bond motifs is 1. The lowest BCUT2D eigenvalue weighted by atomic mass is 10.3. The average molecular weight is 373 g/mol. The summed E-state index contributed by atoms with van der Waals surface area (Å²) in [5, 5.41) is 5.40. The summed E-state index contributed by atoms with van der Waals surface area (Å²) in [5.41, 5.74) is 2.46. The first kappa shape index (κ1) is 17.9. The molecule has 0 aliphatic rings. The zero-order valence-corrected chi connectivity index (χ0v) is 14.7. The van der Waals surface area contributed by atoms with Crippen molar-refractivity contribution in [3.63, 3.8) is 0 Å². The average Bonchev–Trinajstić information content (AvgIpc) is 2.96. The lowest BCUT2D eigenvalue weighted by Gasteiger charge is -2.06. The molecule has 3 aromatic rings. The highest BCUT2D eigenvalue weighted by atomic mass is 32.2. The summed E-state index contributed by atoms with van der Waals surface area (Å²) in [6.45, 7) is 1.76. The van der Waals surface area contributed by atoms with E-state index in [4.69, 9.17) is 4.42 Å². The number of carbonyl (C=O) groups is 2. The summed E-state index contributed by atoms with van der Waals surface area (Å²) in [4.78, 5) is 28.0. The van der Waals surface area contributed by atoms with E-state index in [9.17, 15) is 14.0 Å². The Bertz CT molecular complexity index is 941. The van der Waals surface area contributed by atoms with Crippen LogP contribution in [0.5, 0.6) is 0 Å². The smallest absolute Gasteiger partial charge is 0.234 e. The zero-order valence-electron chi connectivity index (χ0n) is 13.9. The molecule has 0 aliphatic carbocycles. The third kappa shape index (κ3) is 4.82. The molecule has 6 nitrogen and oxygen atoms in total. The molecule has 0 saturated heterocycles. The molecule has 2 amide bonds. The topological polar surface area (TPSA) is 84.2 Å². The van der Waals surface area contributed by atoms with Gasteiger partial charge in [0.25, 0.3) is 0 Å². The van der Waals surface area contributed by atoms with Gasteiger partial charge in [-0.1, -0.05) is 0 Å². The first-order chi connectivity index (χ1) is 12.5. The fraction of sp³-hybridized carbons (Fsp3) is 0.167. The first-order valence-corrected chi connectivity index (χ1v) is 8.95. The monoisotopic (exact) mass is 373 g/mol. The standard InChI is InChI=1S/C18H16FN3O3S/c1-11-20-15-8-14(6-7-16(15)25-11)22-18(24)10-26-9-17(23)21-13-4-2-12(19)3-5-13/h2-8H,9-10H2,1H3,(H,21,23)(H,22,24). The molecule has 0 saturated carbocycles. The van der Waals surface area contributed by atoms with E-state index < -0.39 is 0 Å². The molecule has 134 valence electrons. The molecule has 2 N–H and O–H groups in total. The summed E-state index contributed by atoms with van der Waals surface area (Å²) in [6.07, 6.45) is 0. The molecule has 8 heteroatoms. The highest BCUT2D eigenvalue weighted by Gasteiger charge is 2.08. The Kier molecular flexibility index (Phi) is 5.52. The molecule has 0 aliphatic heterocycles. The Morgan fingerprint density at radius 2 is 1.65 bits per heavy atom. The highest BCUT2D eigenvalue weighted by molar-refractivity contribution is 8.00. The SMILES string of the molecule is Cc1nc2cc(NC(=O)CSCC(=O)Nc3ccc(F)cc3)ccc2o1. The maximum atomic E-state index is 12.8. The second kappa shape index (κ2) is 8.01. The number of carbonyl (C=O) groups excluding carboxylic acids is 2. The summed E-state index contributed by atoms with van der Waals surface area (Å²) in [7, 11) is 0. The number of aromatic nitrogens is 1. The van der Waals surface area contributed by atoms with E-state index >= 15 is 0 Å². The van der Waals surface area contributed by atoms with Crippen molar-refractivity contribution >= 4 is 46.1 Å². The third-order valence-electron chi connectivity index (χ3n) is 3.37. The van der Waals surface area contributed by atoms with Crippen LogP contribution in [0.25, 0.3) is 11.1 Å². The van der Waals surface area contributed by atoms with E-state index in [1.54, 1.807) is 25.1 Å². The van der Waals surface area contributed by atoms with Crippen LogP contribution in [0.4, 0.5) is 15.8 Å². The lowest BCUT2D eigenvalue weighted by molar-refractivity contribution is -0.114. The number of halogens is 1. The van der Waals surface area contributed by atoms with Gasteiger partial charge >= 0.3 is 0 Å². The quantitative estimate of drug-likeness (QED) is 0.690. The molecule has 26 heavy (non-hydrogen) atoms. The fourth-order valence-electron chi connectivity index (χ4n) is 2.28. The van der Waals surface area contributed by atoms with Gasteiger partial charge in [0.05, 0.1) is 11.5 Å². The second-order valence-electron chi connectivity index (χ2n) is 5.51. The van der Waals surface area contributed by atoms with Gasteiger partial charge < -0.3 is 15.1 Å². The van der Waals surface area contributed by atoms with Crippen molar-refractivity contribution in [1.29, 1.82) is 0 Å². The molecule has 0 spiro atoms. The lowest BCUT2D eigenvalue weighted by Crippen LogP contribution is -2.18. The summed E-state index contributed by atoms with van der Waals surface area (Å²) < 4.78 is 18.2. The van der Waals surface area contributed by atoms with Crippen LogP contribution in [0, 0.1) is 12.7 Å². The minimum atomic E-state index is -0.368. The molecule has 0 bridgehead atoms. The van der Waals surface area contributed by atoms with Crippen molar-refractivity contribution in [3.8, 4) is 0 Å². The van der Waals surface area contributed by atoms with E-state index in [2.05, 4.69) is 15.6 Å². The molecular formula is C18H16FN3O3S. The van der Waals surface area contributed by atoms with Crippen molar-refractivity contribution in [2.75, 3.05) is 22.1 Å². The molecule has 0 unspecified atom stereocenters. The molecule has 1 aromatic heterocycles. The van der Waals surface area contributed by atoms with Crippen LogP contribution in [0.1, 0.15) is 5.89 Å². The number of nitrogens with zero attached hydrogens (tertiary/aromatic N) is 1. The van der Waals surface area contributed by atoms with Crippen LogP contribution in [0.15, 0.2) is 46.9 Å². The van der Waals surface area contributed by atoms with E-state index in [0.717, 1.165) is 0 Å². The Morgan fingerprint density at radius 3 is 2.35 bits per heavy atom. The Labute approximate surface area is 153 Å². The normalized spacial score (nSPS) is 10.7. The number of aryl methyl sites for hydroxylation is 1. The van der Waals surface area contributed by atoms with Crippen LogP contribution in [0.3, 0.4) is 0 Å². The molecule has 0 radical (unpaired) electrons. The first-order valence-electron chi connectivity index (χ1n) is 7.80. The largest absolute Gasteiger partial charge is 0.441 e. The number of thioether (sulfide) groups is 1. The van der Waals surface area contributed by atoms with Crippen LogP contribution in [-0.4, -0.2) is 28.3 Å². The number of anilines is 2. The maximum Gasteiger partial charge on any atom is 0.234 e. The van der Waals surface area contributed by atoms with Crippen LogP contribution >= 0.6 is 11.8 Å². The van der Waals surface area contributed by atoms with E-state index in [-0.39, 0.29) is 29.1 Å². The molecule has 0 fully saturated rings. The number of rotatable bonds is 6. The summed E-state index contributed by atoms with van der Waals surface area (Å²) in [6, 6.07) is 10.7. The minimum absolute atomic E-state index is 0.117. The van der Waals surface area contributed by atoms with Crippen molar-refractivity contribution < 1.29 is 18.4 Å². The predicted octanol–water partition coefficient (Wildman–Crippen LogP) is 3.59. The minimum Gasteiger partial charge on any atom is -0.441 e. The van der Waals surface area contributed by atoms with Crippen LogP contribution in [-0.2, 0) is 9.59 Å². The fourth-order valence-corrected chi connectivity index (χ4v) is 2.90. The van der Waals surface area contributed by atoms with Gasteiger partial charge in [0, 0.05) is 18.3 Å². The second-order valence-corrected chi connectivity index (χ2v) is 6.50. The Hall–Kier alpha value is -2.87. The van der Waals surface area contributed by atoms with Gasteiger partial charge in [0.2, 0.25) is 11.8 Å². The van der Waals surface area contributed by atoms with Gasteiger partial charge in [0.15, 0.2) is 11.5 Å². The molecule has 1 heterocycles. The molecular weight excluding hydrogens is 357 g/mol. The molecule has 2 aromatic carbocycles. The number of hydrogen-bond donors (Lipinski definition) is 2. The van der Waals surface area contributed by atoms with Crippen molar-refractivity contribution in [2.24, 2.45) is 0 Å². The van der Waals surface area contributed by atoms with Gasteiger partial charge in [-0.05, 0) is 42.5 Å². The molecule has 0 atom stereocenters.